The molecule has 3 atom stereocenters. The van der Waals surface area contributed by atoms with E-state index < -0.39 is 8.03 Å². The van der Waals surface area contributed by atoms with Crippen LogP contribution in [0.3, 0.4) is 0 Å². The Morgan fingerprint density at radius 2 is 1.52 bits per heavy atom. The molecule has 0 heterocycles. The molecule has 0 aromatic heterocycles. The molecule has 4 heteroatoms. The minimum atomic E-state index is -1.90. The summed E-state index contributed by atoms with van der Waals surface area (Å²) in [5.41, 5.74) is 0. The summed E-state index contributed by atoms with van der Waals surface area (Å²) in [4.78, 5) is 0. The van der Waals surface area contributed by atoms with Crippen molar-refractivity contribution >= 4 is 8.03 Å². The Hall–Kier alpha value is 0.150. The fourth-order valence-electron chi connectivity index (χ4n) is 2.48. The van der Waals surface area contributed by atoms with Gasteiger partial charge in [-0.3, -0.25) is 4.57 Å². The van der Waals surface area contributed by atoms with E-state index in [1.807, 2.05) is 0 Å². The van der Waals surface area contributed by atoms with E-state index in [4.69, 9.17) is 4.52 Å². The van der Waals surface area contributed by atoms with Crippen LogP contribution in [0.25, 0.3) is 0 Å². The highest BCUT2D eigenvalue weighted by Crippen LogP contribution is 2.24. The molecule has 0 aromatic carbocycles. The van der Waals surface area contributed by atoms with Crippen molar-refractivity contribution in [2.45, 2.75) is 79.1 Å². The van der Waals surface area contributed by atoms with Gasteiger partial charge in [-0.2, -0.15) is 0 Å². The zero-order valence-corrected chi connectivity index (χ0v) is 15.7. The minimum absolute atomic E-state index is 0.539. The van der Waals surface area contributed by atoms with Crippen LogP contribution in [-0.4, -0.2) is 19.4 Å². The second-order valence-electron chi connectivity index (χ2n) is 6.15. The zero-order valence-electron chi connectivity index (χ0n) is 14.7. The maximum Gasteiger partial charge on any atom is 0.205 e. The Kier molecular flexibility index (Phi) is 15.2. The lowest BCUT2D eigenvalue weighted by Crippen LogP contribution is -2.22. The first kappa shape index (κ1) is 21.1. The molecule has 3 nitrogen and oxygen atoms in total. The quantitative estimate of drug-likeness (QED) is 0.407. The molecule has 128 valence electrons. The molecular weight excluding hydrogens is 281 g/mol. The molecular formula is C17H38NO2P. The molecule has 0 radical (unpaired) electrons. The first-order valence-corrected chi connectivity index (χ1v) is 10.6. The fraction of sp³-hybridized carbons (Fsp3) is 1.00. The summed E-state index contributed by atoms with van der Waals surface area (Å²) in [5, 5.41) is 3.34. The summed E-state index contributed by atoms with van der Waals surface area (Å²) in [6, 6.07) is 0. The van der Waals surface area contributed by atoms with Crippen molar-refractivity contribution < 1.29 is 9.09 Å². The topological polar surface area (TPSA) is 38.3 Å². The first-order chi connectivity index (χ1) is 10.2. The van der Waals surface area contributed by atoms with Crippen molar-refractivity contribution in [2.75, 3.05) is 19.4 Å². The highest BCUT2D eigenvalue weighted by molar-refractivity contribution is 7.39. The summed E-state index contributed by atoms with van der Waals surface area (Å²) >= 11 is 0. The van der Waals surface area contributed by atoms with E-state index in [1.54, 1.807) is 0 Å². The van der Waals surface area contributed by atoms with Crippen molar-refractivity contribution in [2.24, 2.45) is 11.8 Å². The SMILES string of the molecule is CCCCC(CC)CNC[PH](=O)OCC(CC)CCCC. The number of rotatable bonds is 15. The van der Waals surface area contributed by atoms with Gasteiger partial charge in [-0.1, -0.05) is 66.2 Å². The average molecular weight is 319 g/mol. The zero-order chi connectivity index (χ0) is 15.9. The third-order valence-electron chi connectivity index (χ3n) is 4.27. The Balaban J connectivity index is 3.73. The largest absolute Gasteiger partial charge is 0.329 e. The lowest BCUT2D eigenvalue weighted by molar-refractivity contribution is 0.242. The second kappa shape index (κ2) is 15.1. The monoisotopic (exact) mass is 319 g/mol. The van der Waals surface area contributed by atoms with Crippen molar-refractivity contribution in [1.82, 2.24) is 5.32 Å². The summed E-state index contributed by atoms with van der Waals surface area (Å²) in [5.74, 6) is 1.29. The van der Waals surface area contributed by atoms with E-state index in [2.05, 4.69) is 33.0 Å². The normalized spacial score (nSPS) is 15.8. The Morgan fingerprint density at radius 3 is 2.05 bits per heavy atom. The van der Waals surface area contributed by atoms with Crippen LogP contribution >= 0.6 is 8.03 Å². The van der Waals surface area contributed by atoms with Crippen molar-refractivity contribution in [1.29, 1.82) is 0 Å². The van der Waals surface area contributed by atoms with Gasteiger partial charge in [0.25, 0.3) is 0 Å². The van der Waals surface area contributed by atoms with E-state index in [0.29, 0.717) is 24.7 Å². The van der Waals surface area contributed by atoms with Gasteiger partial charge >= 0.3 is 0 Å². The minimum Gasteiger partial charge on any atom is -0.329 e. The van der Waals surface area contributed by atoms with Crippen LogP contribution in [0.5, 0.6) is 0 Å². The molecule has 0 fully saturated rings. The number of unbranched alkanes of at least 4 members (excludes halogenated alkanes) is 2. The molecule has 0 aliphatic carbocycles. The van der Waals surface area contributed by atoms with E-state index in [-0.39, 0.29) is 0 Å². The van der Waals surface area contributed by atoms with E-state index in [0.717, 1.165) is 13.0 Å². The molecule has 1 N–H and O–H groups in total. The van der Waals surface area contributed by atoms with Gasteiger partial charge in [-0.05, 0) is 31.2 Å². The summed E-state index contributed by atoms with van der Waals surface area (Å²) < 4.78 is 17.5. The van der Waals surface area contributed by atoms with Crippen molar-refractivity contribution in [3.63, 3.8) is 0 Å². The van der Waals surface area contributed by atoms with Gasteiger partial charge in [-0.25, -0.2) is 0 Å². The lowest BCUT2D eigenvalue weighted by Gasteiger charge is -2.17. The van der Waals surface area contributed by atoms with Crippen LogP contribution in [0, 0.1) is 11.8 Å². The highest BCUT2D eigenvalue weighted by Gasteiger charge is 2.10. The van der Waals surface area contributed by atoms with E-state index in [1.165, 1.54) is 44.9 Å². The summed E-state index contributed by atoms with van der Waals surface area (Å²) in [6.45, 7) is 10.5. The first-order valence-electron chi connectivity index (χ1n) is 9.04. The fourth-order valence-corrected chi connectivity index (χ4v) is 3.35. The molecule has 0 aliphatic heterocycles. The van der Waals surface area contributed by atoms with Crippen molar-refractivity contribution in [3.05, 3.63) is 0 Å². The molecule has 21 heavy (non-hydrogen) atoms. The summed E-state index contributed by atoms with van der Waals surface area (Å²) in [7, 11) is -1.90. The molecule has 0 saturated heterocycles. The predicted molar refractivity (Wildman–Crippen MR) is 94.4 cm³/mol. The highest BCUT2D eigenvalue weighted by atomic mass is 31.1. The Morgan fingerprint density at radius 1 is 0.952 bits per heavy atom. The number of nitrogens with one attached hydrogen (secondary N) is 1. The third kappa shape index (κ3) is 12.4. The molecule has 0 amide bonds. The Labute approximate surface area is 133 Å². The molecule has 3 unspecified atom stereocenters. The van der Waals surface area contributed by atoms with Crippen LogP contribution in [0.1, 0.15) is 79.1 Å². The van der Waals surface area contributed by atoms with Gasteiger partial charge in [0.05, 0.1) is 12.9 Å². The van der Waals surface area contributed by atoms with Crippen molar-refractivity contribution in [3.8, 4) is 0 Å². The van der Waals surface area contributed by atoms with Gasteiger partial charge < -0.3 is 9.84 Å². The molecule has 0 aliphatic rings. The van der Waals surface area contributed by atoms with Crippen LogP contribution in [0.4, 0.5) is 0 Å². The molecule has 0 saturated carbocycles. The van der Waals surface area contributed by atoms with E-state index >= 15 is 0 Å². The van der Waals surface area contributed by atoms with Gasteiger partial charge in [0.15, 0.2) is 0 Å². The van der Waals surface area contributed by atoms with Crippen LogP contribution in [-0.2, 0) is 9.09 Å². The van der Waals surface area contributed by atoms with Gasteiger partial charge in [0.1, 0.15) is 0 Å². The smallest absolute Gasteiger partial charge is 0.205 e. The second-order valence-corrected chi connectivity index (χ2v) is 7.53. The standard InChI is InChI=1S/C17H38NO2P/c1-5-9-11-16(7-3)13-18-15-21(19)20-14-17(8-4)12-10-6-2/h16-18,21H,5-15H2,1-4H3. The molecule has 0 bridgehead atoms. The average Bonchev–Trinajstić information content (AvgIpc) is 2.50. The third-order valence-corrected chi connectivity index (χ3v) is 5.30. The van der Waals surface area contributed by atoms with Crippen LogP contribution in [0.2, 0.25) is 0 Å². The maximum atomic E-state index is 11.9. The number of hydrogen-bond donors (Lipinski definition) is 1. The van der Waals surface area contributed by atoms with E-state index in [9.17, 15) is 4.57 Å². The van der Waals surface area contributed by atoms with Crippen LogP contribution < -0.4 is 5.32 Å². The molecule has 0 aromatic rings. The maximum absolute atomic E-state index is 11.9. The van der Waals surface area contributed by atoms with Crippen LogP contribution in [0.15, 0.2) is 0 Å². The number of hydrogen-bond acceptors (Lipinski definition) is 3. The Bertz CT molecular complexity index is 249. The van der Waals surface area contributed by atoms with Gasteiger partial charge in [0.2, 0.25) is 8.03 Å². The lowest BCUT2D eigenvalue weighted by atomic mass is 10.00. The predicted octanol–water partition coefficient (Wildman–Crippen LogP) is 5.46. The van der Waals surface area contributed by atoms with Gasteiger partial charge in [-0.15, -0.1) is 0 Å². The molecule has 0 rings (SSSR count). The van der Waals surface area contributed by atoms with Gasteiger partial charge in [0, 0.05) is 0 Å². The molecule has 0 spiro atoms. The summed E-state index contributed by atoms with van der Waals surface area (Å²) in [6.07, 6.45) is 10.4.